The van der Waals surface area contributed by atoms with Crippen LogP contribution in [0, 0.1) is 17.6 Å². The van der Waals surface area contributed by atoms with Crippen molar-refractivity contribution in [2.24, 2.45) is 5.92 Å². The molecule has 1 amide bonds. The molecule has 6 nitrogen and oxygen atoms in total. The molecular weight excluding hydrogens is 344 g/mol. The Morgan fingerprint density at radius 1 is 1.29 bits per heavy atom. The number of aliphatic carboxylic acids is 1. The van der Waals surface area contributed by atoms with Crippen LogP contribution < -0.4 is 0 Å². The van der Waals surface area contributed by atoms with Crippen LogP contribution in [0.2, 0.25) is 0 Å². The lowest BCUT2D eigenvalue weighted by Crippen LogP contribution is -2.38. The first-order valence-electron chi connectivity index (χ1n) is 7.33. The van der Waals surface area contributed by atoms with Crippen LogP contribution in [0.3, 0.4) is 0 Å². The van der Waals surface area contributed by atoms with Crippen LogP contribution >= 0.6 is 0 Å². The van der Waals surface area contributed by atoms with Crippen molar-refractivity contribution in [3.05, 3.63) is 35.4 Å². The maximum absolute atomic E-state index is 13.8. The van der Waals surface area contributed by atoms with Crippen LogP contribution in [-0.2, 0) is 26.0 Å². The highest BCUT2D eigenvalue weighted by atomic mass is 32.2. The minimum Gasteiger partial charge on any atom is -0.481 e. The van der Waals surface area contributed by atoms with E-state index in [0.717, 1.165) is 11.0 Å². The van der Waals surface area contributed by atoms with E-state index in [1.54, 1.807) is 0 Å². The first-order chi connectivity index (χ1) is 11.2. The molecule has 132 valence electrons. The zero-order valence-corrected chi connectivity index (χ0v) is 13.6. The molecule has 1 aromatic rings. The number of rotatable bonds is 6. The Hall–Kier alpha value is -2.03. The molecule has 1 aliphatic rings. The topological polar surface area (TPSA) is 91.8 Å². The van der Waals surface area contributed by atoms with Gasteiger partial charge in [0.1, 0.15) is 0 Å². The van der Waals surface area contributed by atoms with E-state index in [1.807, 2.05) is 0 Å². The zero-order chi connectivity index (χ0) is 17.9. The Labute approximate surface area is 138 Å². The van der Waals surface area contributed by atoms with Gasteiger partial charge in [0, 0.05) is 18.7 Å². The molecule has 0 saturated carbocycles. The zero-order valence-electron chi connectivity index (χ0n) is 12.7. The van der Waals surface area contributed by atoms with Crippen molar-refractivity contribution in [2.45, 2.75) is 19.4 Å². The number of sulfone groups is 1. The van der Waals surface area contributed by atoms with Gasteiger partial charge in [-0.3, -0.25) is 9.59 Å². The number of halogens is 2. The van der Waals surface area contributed by atoms with Crippen LogP contribution in [0.5, 0.6) is 0 Å². The van der Waals surface area contributed by atoms with Gasteiger partial charge in [-0.15, -0.1) is 0 Å². The second-order valence-electron chi connectivity index (χ2n) is 5.72. The molecule has 2 rings (SSSR count). The molecule has 1 fully saturated rings. The Morgan fingerprint density at radius 3 is 2.58 bits per heavy atom. The third kappa shape index (κ3) is 4.50. The molecule has 1 atom stereocenters. The third-order valence-corrected chi connectivity index (χ3v) is 5.65. The first-order valence-corrected chi connectivity index (χ1v) is 9.15. The lowest BCUT2D eigenvalue weighted by molar-refractivity contribution is -0.139. The van der Waals surface area contributed by atoms with Gasteiger partial charge in [0.15, 0.2) is 21.5 Å². The van der Waals surface area contributed by atoms with Crippen molar-refractivity contribution in [3.63, 3.8) is 0 Å². The molecule has 1 aromatic carbocycles. The maximum atomic E-state index is 13.8. The van der Waals surface area contributed by atoms with E-state index in [0.29, 0.717) is 0 Å². The molecule has 9 heteroatoms. The highest BCUT2D eigenvalue weighted by Crippen LogP contribution is 2.23. The van der Waals surface area contributed by atoms with E-state index in [9.17, 15) is 26.8 Å². The summed E-state index contributed by atoms with van der Waals surface area (Å²) in [6, 6.07) is 3.52. The van der Waals surface area contributed by atoms with Gasteiger partial charge in [0.05, 0.1) is 23.8 Å². The summed E-state index contributed by atoms with van der Waals surface area (Å²) in [5, 5.41) is 8.79. The molecule has 0 aromatic heterocycles. The number of carboxylic acids is 1. The van der Waals surface area contributed by atoms with E-state index >= 15 is 0 Å². The average molecular weight is 361 g/mol. The summed E-state index contributed by atoms with van der Waals surface area (Å²) in [4.78, 5) is 24.3. The SMILES string of the molecule is O=C(O)CCN(Cc1cccc(F)c1F)C(=O)[C@@H]1CCS(=O)(=O)C1. The smallest absolute Gasteiger partial charge is 0.305 e. The summed E-state index contributed by atoms with van der Waals surface area (Å²) in [6.45, 7) is -0.521. The minimum absolute atomic E-state index is 0.0883. The van der Waals surface area contributed by atoms with E-state index in [1.165, 1.54) is 12.1 Å². The Kier molecular flexibility index (Phi) is 5.53. The van der Waals surface area contributed by atoms with Crippen LogP contribution in [-0.4, -0.2) is 48.4 Å². The van der Waals surface area contributed by atoms with E-state index < -0.39 is 39.3 Å². The van der Waals surface area contributed by atoms with Crippen LogP contribution in [0.15, 0.2) is 18.2 Å². The molecule has 0 aliphatic carbocycles. The minimum atomic E-state index is -3.29. The first kappa shape index (κ1) is 18.3. The van der Waals surface area contributed by atoms with E-state index in [-0.39, 0.29) is 43.0 Å². The van der Waals surface area contributed by atoms with Gasteiger partial charge < -0.3 is 10.0 Å². The van der Waals surface area contributed by atoms with Gasteiger partial charge in [-0.05, 0) is 12.5 Å². The number of carboxylic acid groups (broad SMARTS) is 1. The fourth-order valence-corrected chi connectivity index (χ4v) is 4.35. The lowest BCUT2D eigenvalue weighted by atomic mass is 10.1. The molecule has 0 unspecified atom stereocenters. The van der Waals surface area contributed by atoms with Crippen LogP contribution in [0.25, 0.3) is 0 Å². The van der Waals surface area contributed by atoms with Crippen LogP contribution in [0.1, 0.15) is 18.4 Å². The monoisotopic (exact) mass is 361 g/mol. The molecule has 1 saturated heterocycles. The Balaban J connectivity index is 2.19. The number of benzene rings is 1. The summed E-state index contributed by atoms with van der Waals surface area (Å²) in [5.74, 6) is -5.06. The highest BCUT2D eigenvalue weighted by molar-refractivity contribution is 7.91. The van der Waals surface area contributed by atoms with Crippen LogP contribution in [0.4, 0.5) is 8.78 Å². The number of nitrogens with zero attached hydrogens (tertiary/aromatic N) is 1. The molecule has 0 bridgehead atoms. The van der Waals surface area contributed by atoms with Gasteiger partial charge in [0.2, 0.25) is 5.91 Å². The third-order valence-electron chi connectivity index (χ3n) is 3.88. The number of hydrogen-bond acceptors (Lipinski definition) is 4. The second kappa shape index (κ2) is 7.25. The van der Waals surface area contributed by atoms with Crippen molar-refractivity contribution in [1.82, 2.24) is 4.90 Å². The molecular formula is C15H17F2NO5S. The van der Waals surface area contributed by atoms with Gasteiger partial charge in [-0.2, -0.15) is 0 Å². The van der Waals surface area contributed by atoms with Crippen molar-refractivity contribution in [3.8, 4) is 0 Å². The average Bonchev–Trinajstić information content (AvgIpc) is 2.87. The summed E-state index contributed by atoms with van der Waals surface area (Å²) in [6.07, 6.45) is -0.224. The van der Waals surface area contributed by atoms with Crippen molar-refractivity contribution in [1.29, 1.82) is 0 Å². The van der Waals surface area contributed by atoms with Crippen molar-refractivity contribution in [2.75, 3.05) is 18.1 Å². The van der Waals surface area contributed by atoms with Gasteiger partial charge >= 0.3 is 5.97 Å². The largest absolute Gasteiger partial charge is 0.481 e. The molecule has 1 aliphatic heterocycles. The quantitative estimate of drug-likeness (QED) is 0.822. The van der Waals surface area contributed by atoms with E-state index in [2.05, 4.69) is 0 Å². The summed E-state index contributed by atoms with van der Waals surface area (Å²) < 4.78 is 50.1. The summed E-state index contributed by atoms with van der Waals surface area (Å²) in [5.41, 5.74) is -0.0883. The molecule has 1 heterocycles. The number of hydrogen-bond donors (Lipinski definition) is 1. The van der Waals surface area contributed by atoms with Crippen molar-refractivity contribution >= 4 is 21.7 Å². The predicted octanol–water partition coefficient (Wildman–Crippen LogP) is 1.20. The predicted molar refractivity (Wildman–Crippen MR) is 80.8 cm³/mol. The maximum Gasteiger partial charge on any atom is 0.305 e. The Bertz CT molecular complexity index is 750. The fourth-order valence-electron chi connectivity index (χ4n) is 2.62. The number of carbonyl (C=O) groups is 2. The number of carbonyl (C=O) groups excluding carboxylic acids is 1. The fraction of sp³-hybridized carbons (Fsp3) is 0.467. The Morgan fingerprint density at radius 2 is 2.00 bits per heavy atom. The van der Waals surface area contributed by atoms with Crippen molar-refractivity contribution < 1.29 is 31.9 Å². The number of amides is 1. The highest BCUT2D eigenvalue weighted by Gasteiger charge is 2.35. The molecule has 0 radical (unpaired) electrons. The molecule has 1 N–H and O–H groups in total. The molecule has 0 spiro atoms. The van der Waals surface area contributed by atoms with Gasteiger partial charge in [-0.25, -0.2) is 17.2 Å². The molecule has 24 heavy (non-hydrogen) atoms. The standard InChI is InChI=1S/C15H17F2NO5S/c16-12-3-1-2-10(14(12)17)8-18(6-4-13(19)20)15(21)11-5-7-24(22,23)9-11/h1-3,11H,4-9H2,(H,19,20)/t11-/m1/s1. The summed E-state index contributed by atoms with van der Waals surface area (Å²) >= 11 is 0. The second-order valence-corrected chi connectivity index (χ2v) is 7.95. The summed E-state index contributed by atoms with van der Waals surface area (Å²) in [7, 11) is -3.29. The van der Waals surface area contributed by atoms with Gasteiger partial charge in [0.25, 0.3) is 0 Å². The van der Waals surface area contributed by atoms with E-state index in [4.69, 9.17) is 5.11 Å². The normalized spacial score (nSPS) is 19.2. The van der Waals surface area contributed by atoms with Gasteiger partial charge in [-0.1, -0.05) is 12.1 Å². The lowest BCUT2D eigenvalue weighted by Gasteiger charge is -2.25.